The topological polar surface area (TPSA) is 12.5 Å². The average molecular weight is 466 g/mol. The van der Waals surface area contributed by atoms with E-state index in [9.17, 15) is 0 Å². The molecular weight excluding hydrogens is 420 g/mol. The second-order valence-corrected chi connectivity index (χ2v) is 14.2. The summed E-state index contributed by atoms with van der Waals surface area (Å²) in [5.41, 5.74) is 1.31. The summed E-state index contributed by atoms with van der Waals surface area (Å²) in [4.78, 5) is 0.688. The van der Waals surface area contributed by atoms with Gasteiger partial charge in [-0.2, -0.15) is 0 Å². The molecule has 0 aromatic carbocycles. The molecule has 1 spiro atoms. The molecule has 1 aliphatic heterocycles. The maximum Gasteiger partial charge on any atom is 0.101 e. The molecule has 166 valence electrons. The zero-order valence-corrected chi connectivity index (χ0v) is 21.3. The Morgan fingerprint density at radius 3 is 2.52 bits per heavy atom. The summed E-state index contributed by atoms with van der Waals surface area (Å²) in [5.74, 6) is 5.59. The van der Waals surface area contributed by atoms with Crippen LogP contribution < -0.4 is 0 Å². The van der Waals surface area contributed by atoms with Crippen molar-refractivity contribution in [2.45, 2.75) is 122 Å². The normalized spacial score (nSPS) is 54.3. The highest BCUT2D eigenvalue weighted by Crippen LogP contribution is 2.74. The molecule has 0 N–H and O–H groups in total. The lowest BCUT2D eigenvalue weighted by Gasteiger charge is -2.59. The molecule has 0 amide bonds. The first-order chi connectivity index (χ1) is 13.7. The molecule has 4 aliphatic carbocycles. The van der Waals surface area contributed by atoms with E-state index in [0.29, 0.717) is 21.8 Å². The van der Waals surface area contributed by atoms with Crippen LogP contribution in [-0.4, -0.2) is 16.5 Å². The number of fused-ring (bicyclic) bond motifs is 4. The van der Waals surface area contributed by atoms with Gasteiger partial charge >= 0.3 is 0 Å². The van der Waals surface area contributed by atoms with Gasteiger partial charge in [-0.1, -0.05) is 69.8 Å². The van der Waals surface area contributed by atoms with Crippen LogP contribution in [0.5, 0.6) is 0 Å². The Morgan fingerprint density at radius 1 is 0.966 bits per heavy atom. The average Bonchev–Trinajstić information content (AvgIpc) is 3.22. The van der Waals surface area contributed by atoms with Gasteiger partial charge in [0.25, 0.3) is 0 Å². The molecule has 5 aliphatic rings. The molecule has 4 saturated carbocycles. The Kier molecular flexibility index (Phi) is 5.31. The predicted molar refractivity (Wildman–Crippen MR) is 125 cm³/mol. The third-order valence-electron chi connectivity index (χ3n) is 11.2. The summed E-state index contributed by atoms with van der Waals surface area (Å²) in [6.45, 7) is 12.7. The molecule has 5 rings (SSSR count). The Balaban J connectivity index is 1.33. The number of hydrogen-bond acceptors (Lipinski definition) is 1. The fourth-order valence-electron chi connectivity index (χ4n) is 9.65. The molecule has 0 aromatic heterocycles. The van der Waals surface area contributed by atoms with Crippen LogP contribution in [0.1, 0.15) is 105 Å². The van der Waals surface area contributed by atoms with Crippen molar-refractivity contribution in [3.8, 4) is 0 Å². The zero-order chi connectivity index (χ0) is 20.6. The van der Waals surface area contributed by atoms with E-state index in [1.807, 2.05) is 0 Å². The van der Waals surface area contributed by atoms with Gasteiger partial charge < -0.3 is 4.74 Å². The van der Waals surface area contributed by atoms with Gasteiger partial charge in [-0.15, -0.1) is 0 Å². The van der Waals surface area contributed by atoms with Crippen molar-refractivity contribution >= 4 is 15.9 Å². The second-order valence-electron chi connectivity index (χ2n) is 12.9. The van der Waals surface area contributed by atoms with Crippen molar-refractivity contribution < 1.29 is 4.74 Å². The highest BCUT2D eigenvalue weighted by molar-refractivity contribution is 9.09. The molecule has 2 heteroatoms. The van der Waals surface area contributed by atoms with E-state index in [1.54, 1.807) is 0 Å². The minimum atomic E-state index is 0.246. The van der Waals surface area contributed by atoms with Crippen LogP contribution in [-0.2, 0) is 4.74 Å². The SMILES string of the molecule is CC(C)CCC[C@@H](C)[C@H]1CC[C@H]2[C@@H]3CC4OC45C[C@@H](Br)CC[C@]5(C)[C@H]3CC[C@]12C. The highest BCUT2D eigenvalue weighted by atomic mass is 79.9. The first kappa shape index (κ1) is 21.3. The molecular formula is C27H45BrO. The van der Waals surface area contributed by atoms with Crippen molar-refractivity contribution in [2.24, 2.45) is 46.3 Å². The lowest BCUT2D eigenvalue weighted by molar-refractivity contribution is -0.0991. The molecule has 10 atom stereocenters. The van der Waals surface area contributed by atoms with Crippen molar-refractivity contribution in [2.75, 3.05) is 0 Å². The van der Waals surface area contributed by atoms with Gasteiger partial charge in [0.1, 0.15) is 5.60 Å². The zero-order valence-electron chi connectivity index (χ0n) is 19.7. The maximum atomic E-state index is 6.64. The molecule has 5 fully saturated rings. The van der Waals surface area contributed by atoms with E-state index in [0.717, 1.165) is 35.5 Å². The first-order valence-corrected chi connectivity index (χ1v) is 13.9. The summed E-state index contributed by atoms with van der Waals surface area (Å²) in [5, 5.41) is 0. The summed E-state index contributed by atoms with van der Waals surface area (Å²) in [6.07, 6.45) is 16.3. The summed E-state index contributed by atoms with van der Waals surface area (Å²) in [6, 6.07) is 0. The summed E-state index contributed by atoms with van der Waals surface area (Å²) in [7, 11) is 0. The van der Waals surface area contributed by atoms with Crippen LogP contribution in [0.15, 0.2) is 0 Å². The van der Waals surface area contributed by atoms with Crippen molar-refractivity contribution in [1.82, 2.24) is 0 Å². The molecule has 0 bridgehead atoms. The van der Waals surface area contributed by atoms with Crippen LogP contribution in [0.25, 0.3) is 0 Å². The molecule has 29 heavy (non-hydrogen) atoms. The van der Waals surface area contributed by atoms with Crippen LogP contribution in [0, 0.1) is 46.3 Å². The van der Waals surface area contributed by atoms with Crippen LogP contribution in [0.2, 0.25) is 0 Å². The van der Waals surface area contributed by atoms with Crippen molar-refractivity contribution in [1.29, 1.82) is 0 Å². The number of rotatable bonds is 5. The fourth-order valence-corrected chi connectivity index (χ4v) is 10.4. The number of alkyl halides is 1. The van der Waals surface area contributed by atoms with Gasteiger partial charge in [0.05, 0.1) is 6.10 Å². The minimum absolute atomic E-state index is 0.246. The van der Waals surface area contributed by atoms with E-state index in [2.05, 4.69) is 50.5 Å². The second kappa shape index (κ2) is 7.23. The van der Waals surface area contributed by atoms with Crippen molar-refractivity contribution in [3.63, 3.8) is 0 Å². The fraction of sp³-hybridized carbons (Fsp3) is 1.00. The summed E-state index contributed by atoms with van der Waals surface area (Å²) >= 11 is 3.95. The van der Waals surface area contributed by atoms with Gasteiger partial charge in [-0.25, -0.2) is 0 Å². The number of ether oxygens (including phenoxy) is 1. The van der Waals surface area contributed by atoms with Gasteiger partial charge in [0.15, 0.2) is 0 Å². The lowest BCUT2D eigenvalue weighted by atomic mass is 9.44. The Hall–Kier alpha value is 0.440. The number of hydrogen-bond donors (Lipinski definition) is 0. The van der Waals surface area contributed by atoms with Crippen LogP contribution >= 0.6 is 15.9 Å². The Labute approximate surface area is 188 Å². The van der Waals surface area contributed by atoms with Crippen LogP contribution in [0.4, 0.5) is 0 Å². The molecule has 1 saturated heterocycles. The standard InChI is InChI=1S/C27H45BrO/c1-17(2)7-6-8-18(3)21-9-10-22-20-15-24-27(29-24)16-19(28)11-14-26(27,5)23(20)12-13-25(21,22)4/h17-24H,6-16H2,1-5H3/t18-,19+,20+,21-,22+,23+,24?,25-,26-,27?/m1/s1. The van der Waals surface area contributed by atoms with E-state index >= 15 is 0 Å². The van der Waals surface area contributed by atoms with Gasteiger partial charge in [-0.05, 0) is 92.3 Å². The molecule has 1 nitrogen and oxygen atoms in total. The largest absolute Gasteiger partial charge is 0.365 e. The van der Waals surface area contributed by atoms with E-state index in [4.69, 9.17) is 4.74 Å². The van der Waals surface area contributed by atoms with Crippen molar-refractivity contribution in [3.05, 3.63) is 0 Å². The number of epoxide rings is 1. The van der Waals surface area contributed by atoms with Gasteiger partial charge in [0.2, 0.25) is 0 Å². The van der Waals surface area contributed by atoms with Gasteiger partial charge in [-0.3, -0.25) is 0 Å². The Morgan fingerprint density at radius 2 is 1.76 bits per heavy atom. The van der Waals surface area contributed by atoms with E-state index in [-0.39, 0.29) is 5.60 Å². The van der Waals surface area contributed by atoms with E-state index in [1.165, 1.54) is 70.6 Å². The molecule has 2 unspecified atom stereocenters. The first-order valence-electron chi connectivity index (χ1n) is 13.0. The van der Waals surface area contributed by atoms with E-state index < -0.39 is 0 Å². The number of halogens is 1. The molecule has 1 heterocycles. The summed E-state index contributed by atoms with van der Waals surface area (Å²) < 4.78 is 6.64. The van der Waals surface area contributed by atoms with Gasteiger partial charge in [0, 0.05) is 10.2 Å². The highest BCUT2D eigenvalue weighted by Gasteiger charge is 2.75. The monoisotopic (exact) mass is 464 g/mol. The molecule has 0 aromatic rings. The lowest BCUT2D eigenvalue weighted by Crippen LogP contribution is -2.58. The third-order valence-corrected chi connectivity index (χ3v) is 12.0. The van der Waals surface area contributed by atoms with Crippen LogP contribution in [0.3, 0.4) is 0 Å². The maximum absolute atomic E-state index is 6.64. The quantitative estimate of drug-likeness (QED) is 0.296. The third kappa shape index (κ3) is 3.07. The smallest absolute Gasteiger partial charge is 0.101 e. The minimum Gasteiger partial charge on any atom is -0.365 e. The predicted octanol–water partition coefficient (Wildman–Crippen LogP) is 8.00. The molecule has 0 radical (unpaired) electrons. The Bertz CT molecular complexity index is 632.